The molecule has 3 aromatic heterocycles. The van der Waals surface area contributed by atoms with Gasteiger partial charge >= 0.3 is 0 Å². The fraction of sp³-hybridized carbons (Fsp3) is 0. The van der Waals surface area contributed by atoms with E-state index < -0.39 is 0 Å². The number of imidazole rings is 1. The van der Waals surface area contributed by atoms with Crippen LogP contribution in [-0.4, -0.2) is 24.2 Å². The Labute approximate surface area is 361 Å². The van der Waals surface area contributed by atoms with Crippen LogP contribution in [0, 0.1) is 6.07 Å². The van der Waals surface area contributed by atoms with Crippen molar-refractivity contribution in [3.05, 3.63) is 212 Å². The first kappa shape index (κ1) is 37.0. The van der Waals surface area contributed by atoms with Crippen molar-refractivity contribution >= 4 is 32.8 Å². The number of nitrogens with zero attached hydrogens (tertiary/aromatic N) is 4. The second-order valence-electron chi connectivity index (χ2n) is 14.6. The summed E-state index contributed by atoms with van der Waals surface area (Å²) in [4.78, 5) is 10.5. The Morgan fingerprint density at radius 1 is 0.467 bits per heavy atom. The summed E-state index contributed by atoms with van der Waals surface area (Å²) >= 11 is 0. The zero-order valence-corrected chi connectivity index (χ0v) is 34.5. The van der Waals surface area contributed by atoms with Crippen LogP contribution in [0.5, 0.6) is 5.75 Å². The van der Waals surface area contributed by atoms with Crippen molar-refractivity contribution in [2.24, 2.45) is 0 Å². The van der Waals surface area contributed by atoms with Gasteiger partial charge in [-0.1, -0.05) is 156 Å². The van der Waals surface area contributed by atoms with Crippen molar-refractivity contribution in [3.8, 4) is 73.2 Å². The van der Waals surface area contributed by atoms with E-state index >= 15 is 0 Å². The summed E-state index contributed by atoms with van der Waals surface area (Å²) in [6.45, 7) is 0. The molecule has 0 bridgehead atoms. The second-order valence-corrected chi connectivity index (χ2v) is 14.6. The first-order valence-corrected chi connectivity index (χ1v) is 19.7. The Kier molecular flexibility index (Phi) is 9.52. The summed E-state index contributed by atoms with van der Waals surface area (Å²) in [5, 5.41) is 13.5. The molecule has 0 atom stereocenters. The molecule has 0 spiro atoms. The molecule has 0 aliphatic heterocycles. The molecule has 11 aromatic rings. The number of pyridine rings is 1. The van der Waals surface area contributed by atoms with Crippen LogP contribution in [0.15, 0.2) is 206 Å². The van der Waals surface area contributed by atoms with Crippen LogP contribution < -0.4 is 0 Å². The van der Waals surface area contributed by atoms with Crippen LogP contribution in [0.1, 0.15) is 0 Å². The predicted octanol–water partition coefficient (Wildman–Crippen LogP) is 13.4. The summed E-state index contributed by atoms with van der Waals surface area (Å²) in [7, 11) is 0. The molecular formula is C54H35N4OPt-. The van der Waals surface area contributed by atoms with Crippen molar-refractivity contribution in [3.63, 3.8) is 0 Å². The minimum atomic E-state index is 0. The SMILES string of the molecule is Oc1ccccc1-c1nc2c(-c3[c-]c(-c4nccc5c4c4ccccc4n5-c4ccccc4)cc(-c4ccccc4)c3)cccc2n1-c1ccccc1-c1ccccc1.[Pt]. The van der Waals surface area contributed by atoms with E-state index in [1.165, 1.54) is 0 Å². The summed E-state index contributed by atoms with van der Waals surface area (Å²) < 4.78 is 4.50. The van der Waals surface area contributed by atoms with Crippen LogP contribution in [0.2, 0.25) is 0 Å². The number of aromatic nitrogens is 4. The van der Waals surface area contributed by atoms with Gasteiger partial charge in [0.05, 0.1) is 33.3 Å². The van der Waals surface area contributed by atoms with Gasteiger partial charge < -0.3 is 9.67 Å². The summed E-state index contributed by atoms with van der Waals surface area (Å²) in [6.07, 6.45) is 1.91. The van der Waals surface area contributed by atoms with Gasteiger partial charge in [0.15, 0.2) is 0 Å². The van der Waals surface area contributed by atoms with Gasteiger partial charge in [0.2, 0.25) is 0 Å². The second kappa shape index (κ2) is 15.4. The number of hydrogen-bond acceptors (Lipinski definition) is 3. The van der Waals surface area contributed by atoms with Gasteiger partial charge in [0, 0.05) is 55.0 Å². The van der Waals surface area contributed by atoms with Crippen molar-refractivity contribution in [2.45, 2.75) is 0 Å². The molecule has 0 fully saturated rings. The average Bonchev–Trinajstić information content (AvgIpc) is 3.86. The number of para-hydroxylation sites is 5. The molecular weight excluding hydrogens is 916 g/mol. The standard InChI is InChI=1S/C54H35N4O.Pt/c59-50-30-15-12-25-45(50)54-56-53-43(26-16-29-49(53)58(54)46-27-13-10-23-42(46)37-19-6-2-7-20-37)39-33-38(36-17-4-1-5-18-36)34-40(35-39)52-51-44-24-11-14-28-47(44)57(48(51)31-32-55-52)41-21-8-3-9-22-41;/h1-34,59H;/q-1;. The Hall–Kier alpha value is -7.33. The molecule has 3 heterocycles. The third kappa shape index (κ3) is 6.23. The van der Waals surface area contributed by atoms with E-state index in [-0.39, 0.29) is 26.8 Å². The van der Waals surface area contributed by atoms with E-state index in [1.807, 2.05) is 42.6 Å². The Morgan fingerprint density at radius 3 is 1.87 bits per heavy atom. The molecule has 0 aliphatic rings. The molecule has 0 radical (unpaired) electrons. The minimum absolute atomic E-state index is 0. The minimum Gasteiger partial charge on any atom is -0.507 e. The normalized spacial score (nSPS) is 11.3. The van der Waals surface area contributed by atoms with Crippen molar-refractivity contribution in [2.75, 3.05) is 0 Å². The smallest absolute Gasteiger partial charge is 0.148 e. The van der Waals surface area contributed by atoms with Crippen LogP contribution in [0.3, 0.4) is 0 Å². The summed E-state index contributed by atoms with van der Waals surface area (Å²) in [6, 6.07) is 72.4. The number of fused-ring (bicyclic) bond motifs is 4. The van der Waals surface area contributed by atoms with E-state index in [4.69, 9.17) is 9.97 Å². The van der Waals surface area contributed by atoms with Gasteiger partial charge in [0.1, 0.15) is 11.6 Å². The third-order valence-corrected chi connectivity index (χ3v) is 11.2. The van der Waals surface area contributed by atoms with Crippen LogP contribution in [0.25, 0.3) is 100 Å². The maximum Gasteiger partial charge on any atom is 0.148 e. The molecule has 288 valence electrons. The molecule has 0 amide bonds. The van der Waals surface area contributed by atoms with Gasteiger partial charge in [-0.15, -0.1) is 23.8 Å². The van der Waals surface area contributed by atoms with Crippen molar-refractivity contribution in [1.82, 2.24) is 19.1 Å². The fourth-order valence-corrected chi connectivity index (χ4v) is 8.55. The summed E-state index contributed by atoms with van der Waals surface area (Å²) in [5.41, 5.74) is 14.4. The summed E-state index contributed by atoms with van der Waals surface area (Å²) in [5.74, 6) is 0.810. The zero-order chi connectivity index (χ0) is 39.3. The molecule has 11 rings (SSSR count). The molecule has 6 heteroatoms. The van der Waals surface area contributed by atoms with E-state index in [0.29, 0.717) is 11.4 Å². The molecule has 8 aromatic carbocycles. The van der Waals surface area contributed by atoms with Gasteiger partial charge in [0.25, 0.3) is 0 Å². The number of rotatable bonds is 7. The number of phenolic OH excluding ortho intramolecular Hbond substituents is 1. The van der Waals surface area contributed by atoms with Crippen LogP contribution >= 0.6 is 0 Å². The molecule has 60 heavy (non-hydrogen) atoms. The maximum absolute atomic E-state index is 11.3. The van der Waals surface area contributed by atoms with Gasteiger partial charge in [-0.05, 0) is 59.7 Å². The zero-order valence-electron chi connectivity index (χ0n) is 32.2. The molecule has 5 nitrogen and oxygen atoms in total. The average molecular weight is 951 g/mol. The number of benzene rings is 8. The monoisotopic (exact) mass is 950 g/mol. The fourth-order valence-electron chi connectivity index (χ4n) is 8.55. The van der Waals surface area contributed by atoms with Crippen molar-refractivity contribution in [1.29, 1.82) is 0 Å². The molecule has 0 aliphatic carbocycles. The third-order valence-electron chi connectivity index (χ3n) is 11.2. The maximum atomic E-state index is 11.3. The number of aromatic hydroxyl groups is 1. The molecule has 0 unspecified atom stereocenters. The first-order chi connectivity index (χ1) is 29.2. The van der Waals surface area contributed by atoms with Crippen LogP contribution in [0.4, 0.5) is 0 Å². The van der Waals surface area contributed by atoms with Crippen molar-refractivity contribution < 1.29 is 26.2 Å². The largest absolute Gasteiger partial charge is 0.507 e. The van der Waals surface area contributed by atoms with Crippen LogP contribution in [-0.2, 0) is 21.1 Å². The van der Waals surface area contributed by atoms with E-state index in [9.17, 15) is 5.11 Å². The molecule has 0 saturated heterocycles. The van der Waals surface area contributed by atoms with Gasteiger partial charge in [-0.25, -0.2) is 4.98 Å². The Morgan fingerprint density at radius 2 is 1.08 bits per heavy atom. The number of phenols is 1. The molecule has 1 N–H and O–H groups in total. The first-order valence-electron chi connectivity index (χ1n) is 19.7. The number of hydrogen-bond donors (Lipinski definition) is 1. The van der Waals surface area contributed by atoms with E-state index in [1.54, 1.807) is 6.07 Å². The van der Waals surface area contributed by atoms with E-state index in [2.05, 4.69) is 173 Å². The van der Waals surface area contributed by atoms with Gasteiger partial charge in [-0.2, -0.15) is 0 Å². The van der Waals surface area contributed by atoms with Gasteiger partial charge in [-0.3, -0.25) is 9.55 Å². The van der Waals surface area contributed by atoms with E-state index in [0.717, 1.165) is 88.9 Å². The topological polar surface area (TPSA) is 55.9 Å². The quantitative estimate of drug-likeness (QED) is 0.162. The Bertz CT molecular complexity index is 3340. The molecule has 0 saturated carbocycles. The Balaban J connectivity index is 0.00000433. The predicted molar refractivity (Wildman–Crippen MR) is 241 cm³/mol.